The number of hydrogen-bond donors (Lipinski definition) is 0. The highest BCUT2D eigenvalue weighted by molar-refractivity contribution is 5.79. The number of benzene rings is 1. The third kappa shape index (κ3) is 11.0. The van der Waals surface area contributed by atoms with E-state index in [4.69, 9.17) is 28.4 Å². The number of ether oxygens (including phenoxy) is 6. The molecular weight excluding hydrogens is 694 g/mol. The van der Waals surface area contributed by atoms with Crippen molar-refractivity contribution < 1.29 is 52.4 Å². The number of carbonyl (C=O) groups excluding carboxylic acids is 5. The normalized spacial score (nSPS) is 21.8. The second-order valence-electron chi connectivity index (χ2n) is 18.3. The fourth-order valence-corrected chi connectivity index (χ4v) is 6.19. The predicted octanol–water partition coefficient (Wildman–Crippen LogP) is 7.22. The lowest BCUT2D eigenvalue weighted by molar-refractivity contribution is -0.291. The fourth-order valence-electron chi connectivity index (χ4n) is 6.19. The predicted molar refractivity (Wildman–Crippen MR) is 204 cm³/mol. The summed E-state index contributed by atoms with van der Waals surface area (Å²) in [6.07, 6.45) is -5.93. The van der Waals surface area contributed by atoms with Crippen LogP contribution in [-0.4, -0.2) is 85.7 Å². The van der Waals surface area contributed by atoms with Gasteiger partial charge in [-0.15, -0.1) is 0 Å². The van der Waals surface area contributed by atoms with E-state index in [1.807, 2.05) is 56.0 Å². The number of methoxy groups -OCH3 is 1. The first kappa shape index (κ1) is 46.6. The second kappa shape index (κ2) is 18.0. The molecule has 0 saturated carbocycles. The van der Waals surface area contributed by atoms with Gasteiger partial charge in [0, 0.05) is 0 Å². The summed E-state index contributed by atoms with van der Waals surface area (Å²) in [6.45, 7) is 25.8. The molecule has 1 fully saturated rings. The molecule has 12 nitrogen and oxygen atoms in total. The van der Waals surface area contributed by atoms with Crippen molar-refractivity contribution in [2.45, 2.75) is 153 Å². The van der Waals surface area contributed by atoms with Crippen molar-refractivity contribution in [2.75, 3.05) is 20.3 Å². The summed E-state index contributed by atoms with van der Waals surface area (Å²) in [4.78, 5) is 70.5. The number of nitrogens with zero attached hydrogens (tertiary/aromatic N) is 1. The van der Waals surface area contributed by atoms with E-state index in [0.29, 0.717) is 12.8 Å². The summed E-state index contributed by atoms with van der Waals surface area (Å²) < 4.78 is 37.0. The lowest BCUT2D eigenvalue weighted by Gasteiger charge is -2.53. The van der Waals surface area contributed by atoms with Gasteiger partial charge in [0.05, 0.1) is 40.2 Å². The summed E-state index contributed by atoms with van der Waals surface area (Å²) in [5, 5.41) is 0. The van der Waals surface area contributed by atoms with Gasteiger partial charge in [-0.25, -0.2) is 0 Å². The Morgan fingerprint density at radius 2 is 1.06 bits per heavy atom. The highest BCUT2D eigenvalue weighted by atomic mass is 16.7. The van der Waals surface area contributed by atoms with Crippen molar-refractivity contribution in [1.82, 2.24) is 4.90 Å². The van der Waals surface area contributed by atoms with Crippen LogP contribution >= 0.6 is 0 Å². The first-order valence-electron chi connectivity index (χ1n) is 19.1. The number of esters is 5. The van der Waals surface area contributed by atoms with E-state index in [0.717, 1.165) is 5.56 Å². The Kier molecular flexibility index (Phi) is 15.5. The summed E-state index contributed by atoms with van der Waals surface area (Å²) in [5.74, 6) is -2.91. The van der Waals surface area contributed by atoms with E-state index < -0.39 is 100 Å². The number of rotatable bonds is 13. The molecule has 6 atom stereocenters. The smallest absolute Gasteiger partial charge is 0.313 e. The molecule has 1 aliphatic heterocycles. The SMILES string of the molecule is CCN([C@@H]1O[C@H](COC(=O)C(C)(C)C)[C@@H](OC(=O)C(C)(C)C)[C@H](OC(=O)C(C)(C)C)[C@H]1OC(=O)C(C)(C)C)[C@H](c1ccccc1)C(CC)(CC)C(=O)OC. The third-order valence-corrected chi connectivity index (χ3v) is 9.68. The lowest BCUT2D eigenvalue weighted by atomic mass is 9.71. The van der Waals surface area contributed by atoms with Crippen LogP contribution in [0.3, 0.4) is 0 Å². The average molecular weight is 762 g/mol. The van der Waals surface area contributed by atoms with Crippen LogP contribution in [-0.2, 0) is 52.4 Å². The van der Waals surface area contributed by atoms with Gasteiger partial charge in [0.2, 0.25) is 0 Å². The van der Waals surface area contributed by atoms with Crippen LogP contribution in [0.5, 0.6) is 0 Å². The lowest BCUT2D eigenvalue weighted by Crippen LogP contribution is -2.68. The summed E-state index contributed by atoms with van der Waals surface area (Å²) in [5.41, 5.74) is -4.30. The van der Waals surface area contributed by atoms with Gasteiger partial charge in [0.25, 0.3) is 0 Å². The van der Waals surface area contributed by atoms with Gasteiger partial charge in [0.1, 0.15) is 12.7 Å². The quantitative estimate of drug-likeness (QED) is 0.148. The molecule has 1 aliphatic rings. The van der Waals surface area contributed by atoms with Crippen LogP contribution in [0.15, 0.2) is 30.3 Å². The maximum atomic E-state index is 14.0. The van der Waals surface area contributed by atoms with Gasteiger partial charge in [-0.3, -0.25) is 28.9 Å². The molecule has 54 heavy (non-hydrogen) atoms. The zero-order valence-corrected chi connectivity index (χ0v) is 35.6. The van der Waals surface area contributed by atoms with E-state index in [1.165, 1.54) is 7.11 Å². The van der Waals surface area contributed by atoms with E-state index in [-0.39, 0.29) is 6.54 Å². The minimum absolute atomic E-state index is 0.243. The van der Waals surface area contributed by atoms with E-state index in [9.17, 15) is 24.0 Å². The van der Waals surface area contributed by atoms with Crippen molar-refractivity contribution >= 4 is 29.8 Å². The number of hydrogen-bond acceptors (Lipinski definition) is 12. The zero-order chi connectivity index (χ0) is 41.6. The number of likely N-dealkylation sites (N-methyl/N-ethyl adjacent to an activating group) is 1. The average Bonchev–Trinajstić information content (AvgIpc) is 3.07. The van der Waals surface area contributed by atoms with Crippen molar-refractivity contribution in [3.63, 3.8) is 0 Å². The molecule has 0 aliphatic carbocycles. The first-order valence-corrected chi connectivity index (χ1v) is 19.1. The highest BCUT2D eigenvalue weighted by Gasteiger charge is 2.59. The maximum absolute atomic E-state index is 14.0. The monoisotopic (exact) mass is 761 g/mol. The van der Waals surface area contributed by atoms with Gasteiger partial charge in [0.15, 0.2) is 24.5 Å². The molecule has 0 bridgehead atoms. The van der Waals surface area contributed by atoms with Gasteiger partial charge >= 0.3 is 29.8 Å². The molecule has 1 aromatic rings. The summed E-state index contributed by atoms with van der Waals surface area (Å²) in [6, 6.07) is 8.69. The molecule has 0 N–H and O–H groups in total. The van der Waals surface area contributed by atoms with Crippen LogP contribution in [0.1, 0.15) is 128 Å². The Morgan fingerprint density at radius 3 is 1.44 bits per heavy atom. The number of carbonyl (C=O) groups is 5. The Labute approximate surface area is 323 Å². The van der Waals surface area contributed by atoms with E-state index in [1.54, 1.807) is 83.1 Å². The Morgan fingerprint density at radius 1 is 0.630 bits per heavy atom. The van der Waals surface area contributed by atoms with Crippen molar-refractivity contribution in [2.24, 2.45) is 27.1 Å². The van der Waals surface area contributed by atoms with E-state index >= 15 is 0 Å². The molecule has 0 radical (unpaired) electrons. The standard InChI is InChI=1S/C42H67NO11/c1-17-42(18-2,37(48)49-16)31(26-23-21-20-22-24-26)43(19-3)32-30(54-36(47)41(13,14)15)29(53-35(46)40(10,11)12)28(52-34(45)39(7,8)9)27(51-32)25-50-33(44)38(4,5)6/h20-24,27-32H,17-19,25H2,1-16H3/t27-,28-,29+,30-,31-,32-/m1/s1. The maximum Gasteiger partial charge on any atom is 0.313 e. The molecule has 2 rings (SSSR count). The van der Waals surface area contributed by atoms with Crippen molar-refractivity contribution in [3.05, 3.63) is 35.9 Å². The van der Waals surface area contributed by atoms with Crippen LogP contribution in [0, 0.1) is 27.1 Å². The van der Waals surface area contributed by atoms with E-state index in [2.05, 4.69) is 0 Å². The van der Waals surface area contributed by atoms with Gasteiger partial charge < -0.3 is 28.4 Å². The minimum atomic E-state index is -1.44. The Bertz CT molecular complexity index is 1440. The summed E-state index contributed by atoms with van der Waals surface area (Å²) in [7, 11) is 1.35. The van der Waals surface area contributed by atoms with Crippen LogP contribution in [0.4, 0.5) is 0 Å². The first-order chi connectivity index (χ1) is 24.7. The molecule has 1 heterocycles. The van der Waals surface area contributed by atoms with Gasteiger partial charge in [-0.05, 0) is 108 Å². The Hall–Kier alpha value is -3.51. The summed E-state index contributed by atoms with van der Waals surface area (Å²) >= 11 is 0. The molecule has 1 saturated heterocycles. The van der Waals surface area contributed by atoms with Gasteiger partial charge in [-0.2, -0.15) is 0 Å². The zero-order valence-electron chi connectivity index (χ0n) is 35.6. The molecule has 0 aromatic heterocycles. The van der Waals surface area contributed by atoms with Gasteiger partial charge in [-0.1, -0.05) is 51.1 Å². The van der Waals surface area contributed by atoms with Crippen LogP contribution in [0.2, 0.25) is 0 Å². The van der Waals surface area contributed by atoms with Crippen LogP contribution in [0.25, 0.3) is 0 Å². The van der Waals surface area contributed by atoms with Crippen molar-refractivity contribution in [1.29, 1.82) is 0 Å². The topological polar surface area (TPSA) is 144 Å². The molecule has 0 amide bonds. The fraction of sp³-hybridized carbons (Fsp3) is 0.738. The second-order valence-corrected chi connectivity index (χ2v) is 18.3. The van der Waals surface area contributed by atoms with Crippen LogP contribution < -0.4 is 0 Å². The third-order valence-electron chi connectivity index (χ3n) is 9.68. The molecule has 12 heteroatoms. The highest BCUT2D eigenvalue weighted by Crippen LogP contribution is 2.48. The molecular formula is C42H67NO11. The Balaban J connectivity index is 3.10. The minimum Gasteiger partial charge on any atom is -0.469 e. The molecule has 0 unspecified atom stereocenters. The molecule has 306 valence electrons. The molecule has 1 aromatic carbocycles. The van der Waals surface area contributed by atoms with Crippen molar-refractivity contribution in [3.8, 4) is 0 Å². The molecule has 0 spiro atoms. The largest absolute Gasteiger partial charge is 0.469 e.